The number of carbonyl (C=O) groups is 1. The third-order valence-corrected chi connectivity index (χ3v) is 2.74. The summed E-state index contributed by atoms with van der Waals surface area (Å²) in [5.41, 5.74) is 0.315. The second kappa shape index (κ2) is 4.20. The maximum absolute atomic E-state index is 13.4. The molecule has 0 spiro atoms. The molecule has 1 fully saturated rings. The molecular weight excluding hydrogens is 212 g/mol. The van der Waals surface area contributed by atoms with Crippen molar-refractivity contribution in [1.82, 2.24) is 5.32 Å². The van der Waals surface area contributed by atoms with Gasteiger partial charge in [0.2, 0.25) is 5.91 Å². The van der Waals surface area contributed by atoms with E-state index in [1.54, 1.807) is 6.92 Å². The number of halogens is 2. The highest BCUT2D eigenvalue weighted by Gasteiger charge is 2.30. The summed E-state index contributed by atoms with van der Waals surface area (Å²) in [6.45, 7) is 1.69. The molecule has 0 radical (unpaired) electrons. The third kappa shape index (κ3) is 2.38. The van der Waals surface area contributed by atoms with Gasteiger partial charge in [-0.1, -0.05) is 6.07 Å². The first kappa shape index (κ1) is 11.0. The molecule has 4 heteroatoms. The average Bonchev–Trinajstić information content (AvgIpc) is 2.99. The van der Waals surface area contributed by atoms with Crippen molar-refractivity contribution >= 4 is 5.91 Å². The lowest BCUT2D eigenvalue weighted by Crippen LogP contribution is -2.28. The Balaban J connectivity index is 2.07. The molecule has 0 saturated heterocycles. The van der Waals surface area contributed by atoms with Gasteiger partial charge in [0, 0.05) is 17.5 Å². The summed E-state index contributed by atoms with van der Waals surface area (Å²) in [6, 6.07) is 2.96. The van der Waals surface area contributed by atoms with Gasteiger partial charge < -0.3 is 5.32 Å². The van der Waals surface area contributed by atoms with Crippen molar-refractivity contribution < 1.29 is 13.6 Å². The summed E-state index contributed by atoms with van der Waals surface area (Å²) < 4.78 is 26.1. The van der Waals surface area contributed by atoms with Gasteiger partial charge in [0.05, 0.1) is 6.04 Å². The molecule has 1 aliphatic rings. The number of hydrogen-bond donors (Lipinski definition) is 1. The van der Waals surface area contributed by atoms with Crippen molar-refractivity contribution in [3.8, 4) is 0 Å². The van der Waals surface area contributed by atoms with Gasteiger partial charge in [0.1, 0.15) is 11.6 Å². The lowest BCUT2D eigenvalue weighted by Gasteiger charge is -2.14. The molecule has 1 N–H and O–H groups in total. The molecular formula is C12H13F2NO. The Morgan fingerprint density at radius 2 is 2.12 bits per heavy atom. The van der Waals surface area contributed by atoms with Crippen LogP contribution in [0.1, 0.15) is 31.4 Å². The Hall–Kier alpha value is -1.45. The second-order valence-corrected chi connectivity index (χ2v) is 4.17. The van der Waals surface area contributed by atoms with E-state index in [9.17, 15) is 13.6 Å². The molecule has 0 heterocycles. The molecule has 1 saturated carbocycles. The zero-order valence-corrected chi connectivity index (χ0v) is 8.97. The van der Waals surface area contributed by atoms with E-state index < -0.39 is 17.7 Å². The summed E-state index contributed by atoms with van der Waals surface area (Å²) in [6.07, 6.45) is 1.81. The van der Waals surface area contributed by atoms with Crippen LogP contribution >= 0.6 is 0 Å². The summed E-state index contributed by atoms with van der Waals surface area (Å²) in [7, 11) is 0. The highest BCUT2D eigenvalue weighted by Crippen LogP contribution is 2.30. The largest absolute Gasteiger partial charge is 0.349 e. The van der Waals surface area contributed by atoms with E-state index in [4.69, 9.17) is 0 Å². The van der Waals surface area contributed by atoms with Crippen molar-refractivity contribution in [2.45, 2.75) is 25.8 Å². The number of benzene rings is 1. The topological polar surface area (TPSA) is 29.1 Å². The van der Waals surface area contributed by atoms with E-state index >= 15 is 0 Å². The quantitative estimate of drug-likeness (QED) is 0.841. The van der Waals surface area contributed by atoms with Crippen LogP contribution in [0.3, 0.4) is 0 Å². The van der Waals surface area contributed by atoms with Crippen LogP contribution in [0.15, 0.2) is 18.2 Å². The molecule has 0 aromatic heterocycles. The van der Waals surface area contributed by atoms with Gasteiger partial charge in [0.15, 0.2) is 0 Å². The van der Waals surface area contributed by atoms with Crippen molar-refractivity contribution in [2.75, 3.05) is 0 Å². The molecule has 16 heavy (non-hydrogen) atoms. The summed E-state index contributed by atoms with van der Waals surface area (Å²) in [5, 5.41) is 2.72. The van der Waals surface area contributed by atoms with Gasteiger partial charge in [-0.2, -0.15) is 0 Å². The Morgan fingerprint density at radius 3 is 2.69 bits per heavy atom. The highest BCUT2D eigenvalue weighted by atomic mass is 19.1. The number of hydrogen-bond acceptors (Lipinski definition) is 1. The monoisotopic (exact) mass is 225 g/mol. The van der Waals surface area contributed by atoms with Crippen LogP contribution in [0.5, 0.6) is 0 Å². The standard InChI is InChI=1S/C12H13F2NO/c1-7(15-12(16)8-2-3-8)10-5-4-9(13)6-11(10)14/h4-8H,2-3H2,1H3,(H,15,16). The zero-order valence-electron chi connectivity index (χ0n) is 8.97. The first-order valence-electron chi connectivity index (χ1n) is 5.33. The van der Waals surface area contributed by atoms with E-state index in [-0.39, 0.29) is 11.8 Å². The van der Waals surface area contributed by atoms with Gasteiger partial charge in [-0.15, -0.1) is 0 Å². The fourth-order valence-corrected chi connectivity index (χ4v) is 1.61. The molecule has 0 aliphatic heterocycles. The summed E-state index contributed by atoms with van der Waals surface area (Å²) in [5.74, 6) is -1.19. The van der Waals surface area contributed by atoms with Crippen molar-refractivity contribution in [3.05, 3.63) is 35.4 Å². The maximum Gasteiger partial charge on any atom is 0.223 e. The molecule has 1 unspecified atom stereocenters. The van der Waals surface area contributed by atoms with Gasteiger partial charge >= 0.3 is 0 Å². The van der Waals surface area contributed by atoms with Crippen LogP contribution in [0.2, 0.25) is 0 Å². The SMILES string of the molecule is CC(NC(=O)C1CC1)c1ccc(F)cc1F. The van der Waals surface area contributed by atoms with Crippen LogP contribution in [-0.2, 0) is 4.79 Å². The predicted molar refractivity (Wildman–Crippen MR) is 55.6 cm³/mol. The first-order valence-corrected chi connectivity index (χ1v) is 5.33. The molecule has 1 amide bonds. The number of carbonyl (C=O) groups excluding carboxylic acids is 1. The van der Waals surface area contributed by atoms with Crippen LogP contribution in [0.25, 0.3) is 0 Å². The average molecular weight is 225 g/mol. The number of amides is 1. The van der Waals surface area contributed by atoms with Gasteiger partial charge in [-0.05, 0) is 25.8 Å². The third-order valence-electron chi connectivity index (χ3n) is 2.74. The Kier molecular flexibility index (Phi) is 2.90. The smallest absolute Gasteiger partial charge is 0.223 e. The van der Waals surface area contributed by atoms with Crippen LogP contribution < -0.4 is 5.32 Å². The molecule has 86 valence electrons. The molecule has 2 rings (SSSR count). The van der Waals surface area contributed by atoms with Gasteiger partial charge in [0.25, 0.3) is 0 Å². The minimum atomic E-state index is -0.622. The number of rotatable bonds is 3. The van der Waals surface area contributed by atoms with Crippen LogP contribution in [0, 0.1) is 17.6 Å². The van der Waals surface area contributed by atoms with Crippen molar-refractivity contribution in [1.29, 1.82) is 0 Å². The molecule has 1 aromatic rings. The second-order valence-electron chi connectivity index (χ2n) is 4.17. The van der Waals surface area contributed by atoms with E-state index in [0.717, 1.165) is 18.9 Å². The first-order chi connectivity index (χ1) is 7.58. The van der Waals surface area contributed by atoms with Crippen LogP contribution in [0.4, 0.5) is 8.78 Å². The number of nitrogens with one attached hydrogen (secondary N) is 1. The fourth-order valence-electron chi connectivity index (χ4n) is 1.61. The normalized spacial score (nSPS) is 16.9. The van der Waals surface area contributed by atoms with Gasteiger partial charge in [-0.3, -0.25) is 4.79 Å². The zero-order chi connectivity index (χ0) is 11.7. The predicted octanol–water partition coefficient (Wildman–Crippen LogP) is 2.55. The minimum Gasteiger partial charge on any atom is -0.349 e. The van der Waals surface area contributed by atoms with Crippen molar-refractivity contribution in [3.63, 3.8) is 0 Å². The molecule has 0 bridgehead atoms. The fraction of sp³-hybridized carbons (Fsp3) is 0.417. The lowest BCUT2D eigenvalue weighted by atomic mass is 10.1. The van der Waals surface area contributed by atoms with E-state index in [1.807, 2.05) is 0 Å². The highest BCUT2D eigenvalue weighted by molar-refractivity contribution is 5.81. The molecule has 1 aliphatic carbocycles. The van der Waals surface area contributed by atoms with E-state index in [2.05, 4.69) is 5.32 Å². The Morgan fingerprint density at radius 1 is 1.44 bits per heavy atom. The summed E-state index contributed by atoms with van der Waals surface area (Å²) in [4.78, 5) is 11.5. The minimum absolute atomic E-state index is 0.0452. The van der Waals surface area contributed by atoms with Gasteiger partial charge in [-0.25, -0.2) is 8.78 Å². The Bertz CT molecular complexity index is 415. The summed E-state index contributed by atoms with van der Waals surface area (Å²) >= 11 is 0. The Labute approximate surface area is 92.7 Å². The van der Waals surface area contributed by atoms with E-state index in [1.165, 1.54) is 12.1 Å². The van der Waals surface area contributed by atoms with E-state index in [0.29, 0.717) is 5.56 Å². The maximum atomic E-state index is 13.4. The lowest BCUT2D eigenvalue weighted by molar-refractivity contribution is -0.122. The molecule has 2 nitrogen and oxygen atoms in total. The van der Waals surface area contributed by atoms with Crippen molar-refractivity contribution in [2.24, 2.45) is 5.92 Å². The van der Waals surface area contributed by atoms with Crippen LogP contribution in [-0.4, -0.2) is 5.91 Å². The molecule has 1 atom stereocenters. The molecule has 1 aromatic carbocycles.